The van der Waals surface area contributed by atoms with Gasteiger partial charge in [-0.3, -0.25) is 9.36 Å². The van der Waals surface area contributed by atoms with Crippen LogP contribution in [0.1, 0.15) is 36.8 Å². The van der Waals surface area contributed by atoms with E-state index < -0.39 is 11.6 Å². The second-order valence-electron chi connectivity index (χ2n) is 10.1. The first-order chi connectivity index (χ1) is 17.7. The number of anilines is 2. The van der Waals surface area contributed by atoms with E-state index in [0.29, 0.717) is 22.8 Å². The molecular formula is C28H30N6O3. The maximum absolute atomic E-state index is 13.0. The highest BCUT2D eigenvalue weighted by molar-refractivity contribution is 5.90. The highest BCUT2D eigenvalue weighted by atomic mass is 16.6. The van der Waals surface area contributed by atoms with Crippen molar-refractivity contribution in [3.8, 4) is 5.69 Å². The third kappa shape index (κ3) is 5.16. The Bertz CT molecular complexity index is 1490. The van der Waals surface area contributed by atoms with Crippen molar-refractivity contribution in [2.45, 2.75) is 33.3 Å². The van der Waals surface area contributed by atoms with Gasteiger partial charge in [-0.05, 0) is 70.2 Å². The molecule has 5 rings (SSSR count). The summed E-state index contributed by atoms with van der Waals surface area (Å²) in [5, 5.41) is 0.798. The van der Waals surface area contributed by atoms with Gasteiger partial charge in [0, 0.05) is 43.8 Å². The minimum atomic E-state index is -0.587. The van der Waals surface area contributed by atoms with Crippen LogP contribution in [-0.4, -0.2) is 57.3 Å². The molecule has 1 aromatic carbocycles. The first-order valence-corrected chi connectivity index (χ1v) is 12.3. The van der Waals surface area contributed by atoms with Gasteiger partial charge in [0.05, 0.1) is 16.9 Å². The van der Waals surface area contributed by atoms with Crippen LogP contribution in [0.3, 0.4) is 0 Å². The Morgan fingerprint density at radius 2 is 1.59 bits per heavy atom. The summed E-state index contributed by atoms with van der Waals surface area (Å²) in [6, 6.07) is 16.0. The number of carbonyl (C=O) groups is 1. The summed E-state index contributed by atoms with van der Waals surface area (Å²) in [5.74, 6) is 1.14. The topological polar surface area (TPSA) is 93.5 Å². The van der Waals surface area contributed by atoms with Crippen LogP contribution in [0.15, 0.2) is 65.6 Å². The predicted molar refractivity (Wildman–Crippen MR) is 144 cm³/mol. The molecule has 0 bridgehead atoms. The molecule has 0 atom stereocenters. The molecule has 1 aliphatic rings. The molecule has 3 aromatic heterocycles. The summed E-state index contributed by atoms with van der Waals surface area (Å²) in [6.45, 7) is 10.5. The number of hydrogen-bond acceptors (Lipinski definition) is 8. The fourth-order valence-corrected chi connectivity index (χ4v) is 4.40. The molecule has 0 aliphatic carbocycles. The molecule has 4 aromatic rings. The molecule has 9 heteroatoms. The minimum Gasteiger partial charge on any atom is -0.456 e. The van der Waals surface area contributed by atoms with Gasteiger partial charge in [-0.2, -0.15) is 4.98 Å². The number of carbonyl (C=O) groups excluding carboxylic acids is 1. The molecule has 1 aliphatic heterocycles. The maximum Gasteiger partial charge on any atom is 0.338 e. The van der Waals surface area contributed by atoms with Crippen molar-refractivity contribution in [3.05, 3.63) is 82.4 Å². The summed E-state index contributed by atoms with van der Waals surface area (Å²) in [7, 11) is 0. The lowest BCUT2D eigenvalue weighted by atomic mass is 10.1. The van der Waals surface area contributed by atoms with Gasteiger partial charge in [0.1, 0.15) is 11.4 Å². The fourth-order valence-electron chi connectivity index (χ4n) is 4.40. The summed E-state index contributed by atoms with van der Waals surface area (Å²) in [5.41, 5.74) is 1.58. The predicted octanol–water partition coefficient (Wildman–Crippen LogP) is 3.77. The lowest BCUT2D eigenvalue weighted by Gasteiger charge is -2.35. The van der Waals surface area contributed by atoms with E-state index in [0.717, 1.165) is 43.1 Å². The molecule has 0 amide bonds. The van der Waals surface area contributed by atoms with E-state index in [4.69, 9.17) is 14.7 Å². The monoisotopic (exact) mass is 498 g/mol. The number of piperazine rings is 1. The fraction of sp³-hybridized carbons (Fsp3) is 0.321. The average Bonchev–Trinajstić information content (AvgIpc) is 2.88. The third-order valence-corrected chi connectivity index (χ3v) is 6.22. The second-order valence-corrected chi connectivity index (χ2v) is 10.1. The number of aromatic nitrogens is 4. The van der Waals surface area contributed by atoms with Crippen molar-refractivity contribution < 1.29 is 9.53 Å². The normalized spacial score (nSPS) is 14.2. The number of ether oxygens (including phenoxy) is 1. The van der Waals surface area contributed by atoms with Gasteiger partial charge in [0.15, 0.2) is 5.65 Å². The summed E-state index contributed by atoms with van der Waals surface area (Å²) in [6.07, 6.45) is 1.80. The summed E-state index contributed by atoms with van der Waals surface area (Å²) >= 11 is 0. The number of benzene rings is 1. The van der Waals surface area contributed by atoms with Crippen LogP contribution < -0.4 is 15.4 Å². The number of fused-ring (bicyclic) bond motifs is 1. The number of aryl methyl sites for hydroxylation is 1. The first kappa shape index (κ1) is 24.4. The highest BCUT2D eigenvalue weighted by Crippen LogP contribution is 2.23. The van der Waals surface area contributed by atoms with Crippen LogP contribution in [-0.2, 0) is 4.74 Å². The number of pyridine rings is 2. The SMILES string of the molecule is Cc1nc(N2CCN(c3ccccn3)CC2)nc2c1ccc(=O)n2-c1ccc(C(=O)OC(C)(C)C)cc1. The zero-order valence-corrected chi connectivity index (χ0v) is 21.5. The van der Waals surface area contributed by atoms with Crippen LogP contribution in [0.25, 0.3) is 16.7 Å². The van der Waals surface area contributed by atoms with E-state index >= 15 is 0 Å². The maximum atomic E-state index is 13.0. The van der Waals surface area contributed by atoms with Gasteiger partial charge in [0.2, 0.25) is 5.95 Å². The van der Waals surface area contributed by atoms with Gasteiger partial charge in [-0.1, -0.05) is 6.07 Å². The molecule has 0 radical (unpaired) electrons. The number of hydrogen-bond donors (Lipinski definition) is 0. The Balaban J connectivity index is 1.46. The zero-order chi connectivity index (χ0) is 26.2. The number of nitrogens with zero attached hydrogens (tertiary/aromatic N) is 6. The average molecular weight is 499 g/mol. The van der Waals surface area contributed by atoms with Gasteiger partial charge in [0.25, 0.3) is 5.56 Å². The van der Waals surface area contributed by atoms with Crippen LogP contribution >= 0.6 is 0 Å². The van der Waals surface area contributed by atoms with Crippen molar-refractivity contribution >= 4 is 28.8 Å². The molecule has 0 spiro atoms. The van der Waals surface area contributed by atoms with Gasteiger partial charge in [-0.25, -0.2) is 14.8 Å². The Morgan fingerprint density at radius 3 is 2.24 bits per heavy atom. The van der Waals surface area contributed by atoms with E-state index in [1.165, 1.54) is 6.07 Å². The molecular weight excluding hydrogens is 468 g/mol. The molecule has 9 nitrogen and oxygen atoms in total. The second kappa shape index (κ2) is 9.65. The number of esters is 1. The van der Waals surface area contributed by atoms with Gasteiger partial charge < -0.3 is 14.5 Å². The Labute approximate surface area is 215 Å². The molecule has 4 heterocycles. The number of rotatable bonds is 4. The molecule has 1 fully saturated rings. The van der Waals surface area contributed by atoms with Crippen LogP contribution in [0.5, 0.6) is 0 Å². The molecule has 37 heavy (non-hydrogen) atoms. The van der Waals surface area contributed by atoms with Gasteiger partial charge >= 0.3 is 5.97 Å². The quantitative estimate of drug-likeness (QED) is 0.393. The van der Waals surface area contributed by atoms with E-state index in [-0.39, 0.29) is 5.56 Å². The van der Waals surface area contributed by atoms with Crippen molar-refractivity contribution in [1.29, 1.82) is 0 Å². The summed E-state index contributed by atoms with van der Waals surface area (Å²) < 4.78 is 7.02. The van der Waals surface area contributed by atoms with Crippen molar-refractivity contribution in [1.82, 2.24) is 19.5 Å². The zero-order valence-electron chi connectivity index (χ0n) is 21.5. The van der Waals surface area contributed by atoms with Crippen LogP contribution in [0.4, 0.5) is 11.8 Å². The van der Waals surface area contributed by atoms with Gasteiger partial charge in [-0.15, -0.1) is 0 Å². The molecule has 0 saturated carbocycles. The van der Waals surface area contributed by atoms with E-state index in [9.17, 15) is 9.59 Å². The third-order valence-electron chi connectivity index (χ3n) is 6.22. The van der Waals surface area contributed by atoms with Crippen molar-refractivity contribution in [2.75, 3.05) is 36.0 Å². The highest BCUT2D eigenvalue weighted by Gasteiger charge is 2.22. The lowest BCUT2D eigenvalue weighted by molar-refractivity contribution is 0.00695. The Kier molecular flexibility index (Phi) is 6.37. The minimum absolute atomic E-state index is 0.207. The summed E-state index contributed by atoms with van der Waals surface area (Å²) in [4.78, 5) is 43.9. The van der Waals surface area contributed by atoms with Crippen molar-refractivity contribution in [2.24, 2.45) is 0 Å². The van der Waals surface area contributed by atoms with Crippen LogP contribution in [0.2, 0.25) is 0 Å². The standard InChI is InChI=1S/C28H30N6O3/c1-19-22-12-13-24(35)34(21-10-8-20(9-11-21)26(36)37-28(2,3)4)25(22)31-27(30-19)33-17-15-32(16-18-33)23-7-5-6-14-29-23/h5-14H,15-18H2,1-4H3. The molecule has 190 valence electrons. The van der Waals surface area contributed by atoms with Crippen LogP contribution in [0, 0.1) is 6.92 Å². The Hall–Kier alpha value is -4.27. The van der Waals surface area contributed by atoms with E-state index in [2.05, 4.69) is 14.8 Å². The van der Waals surface area contributed by atoms with E-state index in [1.807, 2.05) is 45.9 Å². The Morgan fingerprint density at radius 1 is 0.892 bits per heavy atom. The largest absolute Gasteiger partial charge is 0.456 e. The molecule has 0 unspecified atom stereocenters. The molecule has 0 N–H and O–H groups in total. The smallest absolute Gasteiger partial charge is 0.338 e. The molecule has 1 saturated heterocycles. The first-order valence-electron chi connectivity index (χ1n) is 12.3. The van der Waals surface area contributed by atoms with Crippen molar-refractivity contribution in [3.63, 3.8) is 0 Å². The lowest BCUT2D eigenvalue weighted by Crippen LogP contribution is -2.47. The van der Waals surface area contributed by atoms with E-state index in [1.54, 1.807) is 41.1 Å².